The molecule has 1 aromatic heterocycles. The molecular weight excluding hydrogens is 488 g/mol. The van der Waals surface area contributed by atoms with Crippen molar-refractivity contribution in [3.63, 3.8) is 0 Å². The number of amides is 1. The number of aliphatic hydroxyl groups is 2. The average Bonchev–Trinajstić information content (AvgIpc) is 3.31. The number of hydrogen-bond acceptors (Lipinski definition) is 7. The lowest BCUT2D eigenvalue weighted by atomic mass is 9.47. The van der Waals surface area contributed by atoms with Crippen LogP contribution in [0.4, 0.5) is 10.8 Å². The molecule has 3 aliphatic rings. The van der Waals surface area contributed by atoms with Gasteiger partial charge in [0.25, 0.3) is 0 Å². The SMILES string of the molecule is C[C@]1(CO)[C@H]2Cc3sc(Nc4ccccc4)nc3[C@@H](CC(=O)NCC[NH+]3CCOCC3)[C@]2(C)CC[C@H]1O. The summed E-state index contributed by atoms with van der Waals surface area (Å²) in [6, 6.07) is 10.0. The third-order valence-electron chi connectivity index (χ3n) is 9.31. The molecule has 2 aromatic rings. The first kappa shape index (κ1) is 26.6. The van der Waals surface area contributed by atoms with E-state index in [4.69, 9.17) is 9.72 Å². The van der Waals surface area contributed by atoms with Crippen LogP contribution in [0.3, 0.4) is 0 Å². The number of fused-ring (bicyclic) bond motifs is 2. The van der Waals surface area contributed by atoms with Crippen molar-refractivity contribution in [3.8, 4) is 0 Å². The molecule has 2 heterocycles. The van der Waals surface area contributed by atoms with Crippen LogP contribution in [0.5, 0.6) is 0 Å². The predicted octanol–water partition coefficient (Wildman–Crippen LogP) is 1.72. The minimum atomic E-state index is -0.615. The van der Waals surface area contributed by atoms with E-state index in [1.807, 2.05) is 37.3 Å². The lowest BCUT2D eigenvalue weighted by molar-refractivity contribution is -0.906. The van der Waals surface area contributed by atoms with Crippen LogP contribution in [0.2, 0.25) is 0 Å². The molecule has 1 saturated heterocycles. The minimum Gasteiger partial charge on any atom is -0.396 e. The topological polar surface area (TPSA) is 108 Å². The van der Waals surface area contributed by atoms with E-state index < -0.39 is 11.5 Å². The molecule has 0 radical (unpaired) electrons. The molecular formula is C28H41N4O4S+. The van der Waals surface area contributed by atoms with Crippen molar-refractivity contribution in [2.24, 2.45) is 16.7 Å². The van der Waals surface area contributed by atoms with Gasteiger partial charge < -0.3 is 30.5 Å². The first-order valence-corrected chi connectivity index (χ1v) is 14.4. The normalized spacial score (nSPS) is 31.8. The second-order valence-electron chi connectivity index (χ2n) is 11.5. The van der Waals surface area contributed by atoms with Crippen LogP contribution in [-0.2, 0) is 16.0 Å². The maximum absolute atomic E-state index is 13.3. The first-order valence-electron chi connectivity index (χ1n) is 13.6. The summed E-state index contributed by atoms with van der Waals surface area (Å²) in [6.07, 6.45) is 2.00. The molecule has 5 N–H and O–H groups in total. The monoisotopic (exact) mass is 529 g/mol. The van der Waals surface area contributed by atoms with Gasteiger partial charge in [0.1, 0.15) is 13.1 Å². The summed E-state index contributed by atoms with van der Waals surface area (Å²) in [6.45, 7) is 9.29. The first-order chi connectivity index (χ1) is 17.8. The number of carbonyl (C=O) groups is 1. The fraction of sp³-hybridized carbons (Fsp3) is 0.643. The van der Waals surface area contributed by atoms with Crippen LogP contribution in [-0.4, -0.2) is 73.2 Å². The molecule has 0 unspecified atom stereocenters. The Labute approximate surface area is 223 Å². The molecule has 2 aliphatic carbocycles. The molecule has 202 valence electrons. The van der Waals surface area contributed by atoms with E-state index in [0.29, 0.717) is 19.4 Å². The van der Waals surface area contributed by atoms with Gasteiger partial charge in [-0.25, -0.2) is 4.98 Å². The van der Waals surface area contributed by atoms with E-state index >= 15 is 0 Å². The Hall–Kier alpha value is -2.04. The lowest BCUT2D eigenvalue weighted by Gasteiger charge is -2.58. The number of benzene rings is 1. The van der Waals surface area contributed by atoms with Gasteiger partial charge in [0.2, 0.25) is 5.91 Å². The van der Waals surface area contributed by atoms with Gasteiger partial charge in [0.15, 0.2) is 5.13 Å². The fourth-order valence-corrected chi connectivity index (χ4v) is 7.98. The van der Waals surface area contributed by atoms with Crippen LogP contribution in [0.15, 0.2) is 30.3 Å². The van der Waals surface area contributed by atoms with E-state index in [0.717, 1.165) is 67.1 Å². The van der Waals surface area contributed by atoms with Crippen molar-refractivity contribution in [2.45, 2.75) is 51.6 Å². The molecule has 5 atom stereocenters. The minimum absolute atomic E-state index is 0.0490. The number of aromatic nitrogens is 1. The molecule has 9 heteroatoms. The van der Waals surface area contributed by atoms with Gasteiger partial charge in [0.05, 0.1) is 44.7 Å². The number of nitrogens with one attached hydrogen (secondary N) is 3. The van der Waals surface area contributed by atoms with Gasteiger partial charge in [-0.05, 0) is 42.7 Å². The Morgan fingerprint density at radius 2 is 2.00 bits per heavy atom. The molecule has 2 fully saturated rings. The number of anilines is 2. The summed E-state index contributed by atoms with van der Waals surface area (Å²) in [5, 5.41) is 28.9. The Bertz CT molecular complexity index is 1080. The number of morpholine rings is 1. The standard InChI is InChI=1S/C28H40N4O4S/c1-27-9-8-23(34)28(2,18-33)22(27)17-21-25(31-26(37-21)30-19-6-4-3-5-7-19)20(27)16-24(35)29-10-11-32-12-14-36-15-13-32/h3-7,20,22-23,33-34H,8-18H2,1-2H3,(H,29,35)(H,30,31)/p+1/t20-,22+,23-,27+,28+/m1/s1. The van der Waals surface area contributed by atoms with Crippen molar-refractivity contribution >= 4 is 28.1 Å². The average molecular weight is 530 g/mol. The van der Waals surface area contributed by atoms with Crippen LogP contribution in [0.1, 0.15) is 49.6 Å². The fourth-order valence-electron chi connectivity index (χ4n) is 6.89. The zero-order valence-corrected chi connectivity index (χ0v) is 22.8. The van der Waals surface area contributed by atoms with Crippen molar-refractivity contribution in [1.82, 2.24) is 10.3 Å². The molecule has 1 amide bonds. The summed E-state index contributed by atoms with van der Waals surface area (Å²) in [7, 11) is 0. The Balaban J connectivity index is 1.39. The predicted molar refractivity (Wildman–Crippen MR) is 144 cm³/mol. The second kappa shape index (κ2) is 11.0. The number of nitrogens with zero attached hydrogens (tertiary/aromatic N) is 1. The molecule has 0 bridgehead atoms. The number of carbonyl (C=O) groups excluding carboxylic acids is 1. The summed E-state index contributed by atoms with van der Waals surface area (Å²) in [5.74, 6) is 0.0349. The summed E-state index contributed by atoms with van der Waals surface area (Å²) in [5.41, 5.74) is 1.13. The maximum atomic E-state index is 13.3. The maximum Gasteiger partial charge on any atom is 0.220 e. The smallest absolute Gasteiger partial charge is 0.220 e. The van der Waals surface area contributed by atoms with Gasteiger partial charge in [-0.15, -0.1) is 11.3 Å². The van der Waals surface area contributed by atoms with Gasteiger partial charge in [0, 0.05) is 28.3 Å². The largest absolute Gasteiger partial charge is 0.396 e. The van der Waals surface area contributed by atoms with Gasteiger partial charge in [-0.3, -0.25) is 4.79 Å². The van der Waals surface area contributed by atoms with Crippen molar-refractivity contribution in [3.05, 3.63) is 40.9 Å². The molecule has 1 aromatic carbocycles. The highest BCUT2D eigenvalue weighted by Crippen LogP contribution is 2.62. The molecule has 0 spiro atoms. The number of quaternary nitrogens is 1. The zero-order chi connectivity index (χ0) is 26.0. The molecule has 1 aliphatic heterocycles. The van der Waals surface area contributed by atoms with Gasteiger partial charge in [-0.2, -0.15) is 0 Å². The number of rotatable bonds is 8. The Morgan fingerprint density at radius 1 is 1.24 bits per heavy atom. The zero-order valence-electron chi connectivity index (χ0n) is 22.0. The van der Waals surface area contributed by atoms with E-state index in [-0.39, 0.29) is 29.8 Å². The van der Waals surface area contributed by atoms with E-state index in [1.165, 1.54) is 4.90 Å². The summed E-state index contributed by atoms with van der Waals surface area (Å²) >= 11 is 1.63. The number of thiazole rings is 1. The van der Waals surface area contributed by atoms with Crippen molar-refractivity contribution < 1.29 is 24.6 Å². The Kier molecular flexibility index (Phi) is 7.88. The van der Waals surface area contributed by atoms with Crippen LogP contribution < -0.4 is 15.5 Å². The highest BCUT2D eigenvalue weighted by atomic mass is 32.1. The molecule has 37 heavy (non-hydrogen) atoms. The van der Waals surface area contributed by atoms with Gasteiger partial charge in [-0.1, -0.05) is 32.0 Å². The summed E-state index contributed by atoms with van der Waals surface area (Å²) < 4.78 is 5.44. The number of aliphatic hydroxyl groups excluding tert-OH is 2. The number of hydrogen-bond donors (Lipinski definition) is 5. The highest BCUT2D eigenvalue weighted by molar-refractivity contribution is 7.15. The number of para-hydroxylation sites is 1. The molecule has 5 rings (SSSR count). The van der Waals surface area contributed by atoms with Crippen LogP contribution in [0.25, 0.3) is 0 Å². The summed E-state index contributed by atoms with van der Waals surface area (Å²) in [4.78, 5) is 21.0. The van der Waals surface area contributed by atoms with Crippen LogP contribution >= 0.6 is 11.3 Å². The third kappa shape index (κ3) is 5.29. The molecule has 8 nitrogen and oxygen atoms in total. The number of ether oxygens (including phenoxy) is 1. The molecule has 1 saturated carbocycles. The van der Waals surface area contributed by atoms with E-state index in [9.17, 15) is 15.0 Å². The Morgan fingerprint density at radius 3 is 2.73 bits per heavy atom. The lowest BCUT2D eigenvalue weighted by Crippen LogP contribution is -3.14. The van der Waals surface area contributed by atoms with E-state index in [2.05, 4.69) is 17.6 Å². The quantitative estimate of drug-likeness (QED) is 0.357. The van der Waals surface area contributed by atoms with E-state index in [1.54, 1.807) is 11.3 Å². The van der Waals surface area contributed by atoms with Crippen molar-refractivity contribution in [1.29, 1.82) is 0 Å². The van der Waals surface area contributed by atoms with Crippen LogP contribution in [0, 0.1) is 16.7 Å². The highest BCUT2D eigenvalue weighted by Gasteiger charge is 2.59. The van der Waals surface area contributed by atoms with Gasteiger partial charge >= 0.3 is 0 Å². The second-order valence-corrected chi connectivity index (χ2v) is 12.6. The third-order valence-corrected chi connectivity index (χ3v) is 10.3. The van der Waals surface area contributed by atoms with Crippen molar-refractivity contribution in [2.75, 3.05) is 51.3 Å².